The standard InChI is InChI=1S/C10H14N3.Ac/c1-9-3-2-4-10(12-9)13-7-5-11-6-8-13;/h2-4H,5-8H2,1H3;/q-1;. The van der Waals surface area contributed by atoms with E-state index in [1.807, 2.05) is 13.0 Å². The number of piperazine rings is 1. The summed E-state index contributed by atoms with van der Waals surface area (Å²) < 4.78 is 0. The summed E-state index contributed by atoms with van der Waals surface area (Å²) in [6.07, 6.45) is 0. The molecule has 0 aliphatic carbocycles. The largest absolute Gasteiger partial charge is 0.659 e. The minimum atomic E-state index is 0. The maximum Gasteiger partial charge on any atom is 0.128 e. The fourth-order valence-corrected chi connectivity index (χ4v) is 1.54. The van der Waals surface area contributed by atoms with Gasteiger partial charge in [-0.3, -0.25) is 0 Å². The average molecular weight is 403 g/mol. The second-order valence-electron chi connectivity index (χ2n) is 3.30. The van der Waals surface area contributed by atoms with Crippen LogP contribution in [0.15, 0.2) is 18.2 Å². The van der Waals surface area contributed by atoms with Crippen LogP contribution in [0.4, 0.5) is 5.82 Å². The van der Waals surface area contributed by atoms with E-state index in [4.69, 9.17) is 0 Å². The molecule has 0 N–H and O–H groups in total. The fraction of sp³-hybridized carbons (Fsp3) is 0.500. The zero-order valence-corrected chi connectivity index (χ0v) is 13.2. The molecule has 1 saturated heterocycles. The van der Waals surface area contributed by atoms with Crippen molar-refractivity contribution in [2.24, 2.45) is 0 Å². The Hall–Kier alpha value is 0.352. The summed E-state index contributed by atoms with van der Waals surface area (Å²) in [5.74, 6) is 1.09. The van der Waals surface area contributed by atoms with Gasteiger partial charge in [-0.25, -0.2) is 4.98 Å². The third-order valence-electron chi connectivity index (χ3n) is 2.25. The Morgan fingerprint density at radius 2 is 2.00 bits per heavy atom. The molecule has 1 aromatic rings. The molecule has 0 amide bonds. The summed E-state index contributed by atoms with van der Waals surface area (Å²) in [7, 11) is 0. The van der Waals surface area contributed by atoms with Crippen LogP contribution in [-0.2, 0) is 0 Å². The van der Waals surface area contributed by atoms with Gasteiger partial charge in [0.25, 0.3) is 0 Å². The SMILES string of the molecule is Cc1cccc(N2CC[N-]CC2)n1.[Ac]. The number of hydrogen-bond donors (Lipinski definition) is 0. The quantitative estimate of drug-likeness (QED) is 0.713. The van der Waals surface area contributed by atoms with Crippen molar-refractivity contribution in [3.05, 3.63) is 29.2 Å². The maximum atomic E-state index is 4.48. The van der Waals surface area contributed by atoms with Crippen LogP contribution in [0.3, 0.4) is 0 Å². The summed E-state index contributed by atoms with van der Waals surface area (Å²) in [5.41, 5.74) is 1.08. The average Bonchev–Trinajstić information content (AvgIpc) is 2.19. The van der Waals surface area contributed by atoms with E-state index in [9.17, 15) is 0 Å². The van der Waals surface area contributed by atoms with Gasteiger partial charge in [-0.15, -0.1) is 13.1 Å². The molecule has 1 aliphatic rings. The van der Waals surface area contributed by atoms with E-state index >= 15 is 0 Å². The van der Waals surface area contributed by atoms with E-state index in [1.54, 1.807) is 0 Å². The first-order valence-corrected chi connectivity index (χ1v) is 4.68. The first kappa shape index (κ1) is 12.4. The topological polar surface area (TPSA) is 30.2 Å². The second-order valence-corrected chi connectivity index (χ2v) is 3.30. The molecule has 3 nitrogen and oxygen atoms in total. The summed E-state index contributed by atoms with van der Waals surface area (Å²) in [6.45, 7) is 5.93. The number of rotatable bonds is 1. The number of aromatic nitrogens is 1. The van der Waals surface area contributed by atoms with Crippen LogP contribution in [0.25, 0.3) is 5.32 Å². The van der Waals surface area contributed by atoms with Crippen LogP contribution in [0.2, 0.25) is 0 Å². The zero-order valence-electron chi connectivity index (χ0n) is 8.48. The Kier molecular flexibility index (Phi) is 5.37. The van der Waals surface area contributed by atoms with E-state index in [-0.39, 0.29) is 44.1 Å². The molecule has 0 spiro atoms. The summed E-state index contributed by atoms with van der Waals surface area (Å²) in [5, 5.41) is 4.31. The molecule has 0 aromatic carbocycles. The smallest absolute Gasteiger partial charge is 0.128 e. The Morgan fingerprint density at radius 3 is 2.64 bits per heavy atom. The predicted octanol–water partition coefficient (Wildman–Crippen LogP) is 1.58. The minimum Gasteiger partial charge on any atom is -0.659 e. The normalized spacial score (nSPS) is 16.2. The molecule has 1 fully saturated rings. The van der Waals surface area contributed by atoms with E-state index in [0.717, 1.165) is 37.7 Å². The molecular weight excluding hydrogens is 389 g/mol. The minimum absolute atomic E-state index is 0. The maximum absolute atomic E-state index is 4.48. The number of anilines is 1. The molecule has 14 heavy (non-hydrogen) atoms. The van der Waals surface area contributed by atoms with Crippen LogP contribution >= 0.6 is 0 Å². The summed E-state index contributed by atoms with van der Waals surface area (Å²) in [4.78, 5) is 6.77. The predicted molar refractivity (Wildman–Crippen MR) is 54.3 cm³/mol. The van der Waals surface area contributed by atoms with E-state index in [1.165, 1.54) is 0 Å². The van der Waals surface area contributed by atoms with Gasteiger partial charge in [0.2, 0.25) is 0 Å². The molecule has 4 heteroatoms. The van der Waals surface area contributed by atoms with Crippen molar-refractivity contribution in [2.75, 3.05) is 31.1 Å². The molecule has 0 saturated carbocycles. The third-order valence-corrected chi connectivity index (χ3v) is 2.25. The van der Waals surface area contributed by atoms with Gasteiger partial charge in [0.1, 0.15) is 5.82 Å². The van der Waals surface area contributed by atoms with Crippen molar-refractivity contribution in [3.63, 3.8) is 0 Å². The molecule has 73 valence electrons. The van der Waals surface area contributed by atoms with Crippen molar-refractivity contribution in [3.8, 4) is 0 Å². The molecule has 2 rings (SSSR count). The Morgan fingerprint density at radius 1 is 1.29 bits per heavy atom. The molecular formula is C10H14AcN3-. The van der Waals surface area contributed by atoms with Gasteiger partial charge in [0, 0.05) is 62.8 Å². The van der Waals surface area contributed by atoms with Gasteiger partial charge in [-0.1, -0.05) is 6.07 Å². The van der Waals surface area contributed by atoms with Crippen LogP contribution < -0.4 is 4.90 Å². The first-order chi connectivity index (χ1) is 6.36. The van der Waals surface area contributed by atoms with Crippen LogP contribution in [0.5, 0.6) is 0 Å². The van der Waals surface area contributed by atoms with Gasteiger partial charge in [-0.05, 0) is 19.1 Å². The first-order valence-electron chi connectivity index (χ1n) is 4.68. The number of nitrogens with zero attached hydrogens (tertiary/aromatic N) is 3. The fourth-order valence-electron chi connectivity index (χ4n) is 1.54. The van der Waals surface area contributed by atoms with Crippen molar-refractivity contribution < 1.29 is 44.1 Å². The molecule has 0 atom stereocenters. The van der Waals surface area contributed by atoms with Crippen LogP contribution in [-0.4, -0.2) is 31.2 Å². The van der Waals surface area contributed by atoms with E-state index in [0.29, 0.717) is 0 Å². The zero-order chi connectivity index (χ0) is 9.10. The van der Waals surface area contributed by atoms with E-state index in [2.05, 4.69) is 27.3 Å². The second kappa shape index (κ2) is 6.05. The summed E-state index contributed by atoms with van der Waals surface area (Å²) >= 11 is 0. The van der Waals surface area contributed by atoms with Gasteiger partial charge in [-0.2, -0.15) is 0 Å². The molecule has 0 unspecified atom stereocenters. The third kappa shape index (κ3) is 3.19. The Labute approximate surface area is 121 Å². The van der Waals surface area contributed by atoms with Crippen molar-refractivity contribution >= 4 is 5.82 Å². The van der Waals surface area contributed by atoms with Crippen LogP contribution in [0.1, 0.15) is 5.69 Å². The number of aryl methyl sites for hydroxylation is 1. The van der Waals surface area contributed by atoms with Crippen molar-refractivity contribution in [1.82, 2.24) is 4.98 Å². The molecule has 1 radical (unpaired) electrons. The van der Waals surface area contributed by atoms with Gasteiger partial charge in [0.15, 0.2) is 0 Å². The Bertz CT molecular complexity index is 284. The molecule has 1 aliphatic heterocycles. The number of hydrogen-bond acceptors (Lipinski definition) is 2. The van der Waals surface area contributed by atoms with Crippen LogP contribution in [0, 0.1) is 51.0 Å². The monoisotopic (exact) mass is 403 g/mol. The Balaban J connectivity index is 0.000000980. The molecule has 2 heterocycles. The van der Waals surface area contributed by atoms with Gasteiger partial charge >= 0.3 is 0 Å². The number of pyridine rings is 1. The van der Waals surface area contributed by atoms with Crippen molar-refractivity contribution in [2.45, 2.75) is 6.92 Å². The molecule has 1 aromatic heterocycles. The summed E-state index contributed by atoms with van der Waals surface area (Å²) in [6, 6.07) is 6.15. The van der Waals surface area contributed by atoms with Crippen molar-refractivity contribution in [1.29, 1.82) is 0 Å². The van der Waals surface area contributed by atoms with Gasteiger partial charge < -0.3 is 10.2 Å². The molecule has 0 bridgehead atoms. The van der Waals surface area contributed by atoms with Gasteiger partial charge in [0.05, 0.1) is 0 Å². The van der Waals surface area contributed by atoms with E-state index < -0.39 is 0 Å².